The van der Waals surface area contributed by atoms with Crippen LogP contribution < -0.4 is 5.32 Å². The molecule has 2 heterocycles. The summed E-state index contributed by atoms with van der Waals surface area (Å²) in [6, 6.07) is 1.64. The number of nitrogens with zero attached hydrogens (tertiary/aromatic N) is 2. The van der Waals surface area contributed by atoms with Gasteiger partial charge in [0.15, 0.2) is 0 Å². The number of fused-ring (bicyclic) bond motifs is 1. The van der Waals surface area contributed by atoms with Gasteiger partial charge in [0.05, 0.1) is 25.0 Å². The van der Waals surface area contributed by atoms with E-state index in [4.69, 9.17) is 0 Å². The Kier molecular flexibility index (Phi) is 3.87. The van der Waals surface area contributed by atoms with Crippen molar-refractivity contribution in [1.29, 1.82) is 0 Å². The van der Waals surface area contributed by atoms with Crippen molar-refractivity contribution in [2.24, 2.45) is 0 Å². The zero-order valence-electron chi connectivity index (χ0n) is 10.2. The first-order valence-electron chi connectivity index (χ1n) is 5.52. The second-order valence-corrected chi connectivity index (χ2v) is 3.66. The number of pyridine rings is 1. The molecule has 2 rings (SSSR count). The summed E-state index contributed by atoms with van der Waals surface area (Å²) >= 11 is 0. The fourth-order valence-electron chi connectivity index (χ4n) is 1.43. The highest BCUT2D eigenvalue weighted by atomic mass is 16.5. The van der Waals surface area contributed by atoms with Gasteiger partial charge in [-0.15, -0.1) is 0 Å². The molecule has 0 radical (unpaired) electrons. The number of amides is 1. The first-order valence-corrected chi connectivity index (χ1v) is 5.52. The minimum absolute atomic E-state index is 0.221. The van der Waals surface area contributed by atoms with E-state index >= 15 is 0 Å². The van der Waals surface area contributed by atoms with Crippen LogP contribution in [0, 0.1) is 0 Å². The Labute approximate surface area is 108 Å². The van der Waals surface area contributed by atoms with Crippen molar-refractivity contribution in [2.45, 2.75) is 0 Å². The molecule has 0 spiro atoms. The van der Waals surface area contributed by atoms with Gasteiger partial charge >= 0.3 is 5.97 Å². The first kappa shape index (κ1) is 12.7. The summed E-state index contributed by atoms with van der Waals surface area (Å²) in [4.78, 5) is 26.6. The predicted octanol–water partition coefficient (Wildman–Crippen LogP) is 0.417. The number of nitrogens with one attached hydrogen (secondary N) is 2. The standard InChI is InChI=1S/C12H12N4O3/c1-19-11(17)3-2-4-13-12(18)9-5-8-6-15-16-10(8)7-14-9/h2-3,5-7H,4H2,1H3,(H,13,18)(H,15,16)/b3-2+. The molecule has 0 aromatic carbocycles. The topological polar surface area (TPSA) is 97.0 Å². The van der Waals surface area contributed by atoms with Crippen LogP contribution in [0.15, 0.2) is 30.6 Å². The van der Waals surface area contributed by atoms with E-state index in [-0.39, 0.29) is 12.5 Å². The number of methoxy groups -OCH3 is 1. The number of carbonyl (C=O) groups excluding carboxylic acids is 2. The van der Waals surface area contributed by atoms with Gasteiger partial charge in [-0.3, -0.25) is 9.89 Å². The minimum atomic E-state index is -0.466. The fraction of sp³-hybridized carbons (Fsp3) is 0.167. The molecule has 0 saturated carbocycles. The Morgan fingerprint density at radius 3 is 3.11 bits per heavy atom. The second kappa shape index (κ2) is 5.76. The summed E-state index contributed by atoms with van der Waals surface area (Å²) in [7, 11) is 1.29. The predicted molar refractivity (Wildman–Crippen MR) is 67.4 cm³/mol. The van der Waals surface area contributed by atoms with E-state index in [0.717, 1.165) is 10.9 Å². The van der Waals surface area contributed by atoms with Crippen LogP contribution >= 0.6 is 0 Å². The molecular formula is C12H12N4O3. The third-order valence-electron chi connectivity index (χ3n) is 2.39. The molecule has 19 heavy (non-hydrogen) atoms. The third-order valence-corrected chi connectivity index (χ3v) is 2.39. The van der Waals surface area contributed by atoms with Gasteiger partial charge < -0.3 is 10.1 Å². The number of ether oxygens (including phenoxy) is 1. The van der Waals surface area contributed by atoms with Crippen molar-refractivity contribution in [3.05, 3.63) is 36.3 Å². The SMILES string of the molecule is COC(=O)/C=C/CNC(=O)c1cc2cn[nH]c2cn1. The average Bonchev–Trinajstić information content (AvgIpc) is 2.90. The van der Waals surface area contributed by atoms with Crippen LogP contribution in [0.2, 0.25) is 0 Å². The van der Waals surface area contributed by atoms with Crippen molar-refractivity contribution in [1.82, 2.24) is 20.5 Å². The van der Waals surface area contributed by atoms with E-state index in [2.05, 4.69) is 25.2 Å². The molecule has 0 saturated heterocycles. The first-order chi connectivity index (χ1) is 9.20. The summed E-state index contributed by atoms with van der Waals surface area (Å²) in [6.07, 6.45) is 5.90. The normalized spacial score (nSPS) is 10.8. The number of rotatable bonds is 4. The van der Waals surface area contributed by atoms with Crippen molar-refractivity contribution >= 4 is 22.8 Å². The minimum Gasteiger partial charge on any atom is -0.466 e. The molecule has 7 heteroatoms. The maximum absolute atomic E-state index is 11.8. The van der Waals surface area contributed by atoms with E-state index in [1.54, 1.807) is 18.5 Å². The summed E-state index contributed by atoms with van der Waals surface area (Å²) < 4.78 is 4.42. The molecule has 2 aromatic rings. The Hall–Kier alpha value is -2.70. The molecule has 1 amide bonds. The van der Waals surface area contributed by atoms with Crippen molar-refractivity contribution in [2.75, 3.05) is 13.7 Å². The monoisotopic (exact) mass is 260 g/mol. The summed E-state index contributed by atoms with van der Waals surface area (Å²) in [5.41, 5.74) is 1.06. The van der Waals surface area contributed by atoms with Gasteiger partial charge in [0.2, 0.25) is 0 Å². The number of aromatic amines is 1. The van der Waals surface area contributed by atoms with Crippen LogP contribution in [0.4, 0.5) is 0 Å². The van der Waals surface area contributed by atoms with Crippen LogP contribution in [-0.4, -0.2) is 40.7 Å². The number of carbonyl (C=O) groups is 2. The molecular weight excluding hydrogens is 248 g/mol. The van der Waals surface area contributed by atoms with Gasteiger partial charge in [-0.25, -0.2) is 9.78 Å². The highest BCUT2D eigenvalue weighted by Gasteiger charge is 2.07. The Bertz CT molecular complexity index is 633. The number of hydrogen-bond acceptors (Lipinski definition) is 5. The number of H-pyrrole nitrogens is 1. The van der Waals surface area contributed by atoms with Gasteiger partial charge in [-0.2, -0.15) is 5.10 Å². The van der Waals surface area contributed by atoms with Crippen molar-refractivity contribution in [3.63, 3.8) is 0 Å². The van der Waals surface area contributed by atoms with Gasteiger partial charge in [-0.1, -0.05) is 6.08 Å². The molecule has 0 atom stereocenters. The molecule has 0 bridgehead atoms. The highest BCUT2D eigenvalue weighted by molar-refractivity contribution is 5.95. The van der Waals surface area contributed by atoms with Crippen LogP contribution in [0.1, 0.15) is 10.5 Å². The van der Waals surface area contributed by atoms with E-state index in [9.17, 15) is 9.59 Å². The van der Waals surface area contributed by atoms with E-state index < -0.39 is 5.97 Å². The van der Waals surface area contributed by atoms with E-state index in [1.165, 1.54) is 19.3 Å². The van der Waals surface area contributed by atoms with Gasteiger partial charge in [-0.05, 0) is 6.07 Å². The van der Waals surface area contributed by atoms with Crippen LogP contribution in [-0.2, 0) is 9.53 Å². The lowest BCUT2D eigenvalue weighted by Gasteiger charge is -2.01. The van der Waals surface area contributed by atoms with Gasteiger partial charge in [0, 0.05) is 18.0 Å². The van der Waals surface area contributed by atoms with E-state index in [0.29, 0.717) is 5.69 Å². The molecule has 0 unspecified atom stereocenters. The van der Waals surface area contributed by atoms with Gasteiger partial charge in [0.1, 0.15) is 5.69 Å². The average molecular weight is 260 g/mol. The molecule has 98 valence electrons. The number of aromatic nitrogens is 3. The largest absolute Gasteiger partial charge is 0.466 e. The molecule has 0 aliphatic carbocycles. The zero-order chi connectivity index (χ0) is 13.7. The third kappa shape index (κ3) is 3.15. The molecule has 7 nitrogen and oxygen atoms in total. The van der Waals surface area contributed by atoms with E-state index in [1.807, 2.05) is 0 Å². The quantitative estimate of drug-likeness (QED) is 0.613. The molecule has 0 fully saturated rings. The lowest BCUT2D eigenvalue weighted by Crippen LogP contribution is -2.24. The summed E-state index contributed by atoms with van der Waals surface area (Å²) in [6.45, 7) is 0.221. The molecule has 0 aliphatic rings. The Morgan fingerprint density at radius 2 is 2.32 bits per heavy atom. The van der Waals surface area contributed by atoms with Crippen LogP contribution in [0.25, 0.3) is 10.9 Å². The maximum Gasteiger partial charge on any atom is 0.330 e. The number of esters is 1. The Morgan fingerprint density at radius 1 is 1.47 bits per heavy atom. The molecule has 2 N–H and O–H groups in total. The highest BCUT2D eigenvalue weighted by Crippen LogP contribution is 2.09. The maximum atomic E-state index is 11.8. The number of hydrogen-bond donors (Lipinski definition) is 2. The van der Waals surface area contributed by atoms with Crippen LogP contribution in [0.5, 0.6) is 0 Å². The zero-order valence-corrected chi connectivity index (χ0v) is 10.2. The fourth-order valence-corrected chi connectivity index (χ4v) is 1.43. The van der Waals surface area contributed by atoms with Crippen molar-refractivity contribution in [3.8, 4) is 0 Å². The smallest absolute Gasteiger partial charge is 0.330 e. The summed E-state index contributed by atoms with van der Waals surface area (Å²) in [5.74, 6) is -0.787. The lowest BCUT2D eigenvalue weighted by atomic mass is 10.2. The summed E-state index contributed by atoms with van der Waals surface area (Å²) in [5, 5.41) is 10.0. The Balaban J connectivity index is 1.96. The second-order valence-electron chi connectivity index (χ2n) is 3.66. The van der Waals surface area contributed by atoms with Crippen LogP contribution in [0.3, 0.4) is 0 Å². The van der Waals surface area contributed by atoms with Crippen molar-refractivity contribution < 1.29 is 14.3 Å². The molecule has 2 aromatic heterocycles. The lowest BCUT2D eigenvalue weighted by molar-refractivity contribution is -0.134. The van der Waals surface area contributed by atoms with Gasteiger partial charge in [0.25, 0.3) is 5.91 Å². The molecule has 0 aliphatic heterocycles.